The summed E-state index contributed by atoms with van der Waals surface area (Å²) >= 11 is 0. The minimum absolute atomic E-state index is 0.134. The monoisotopic (exact) mass is 509 g/mol. The zero-order chi connectivity index (χ0) is 27.2. The van der Waals surface area contributed by atoms with Gasteiger partial charge in [0.05, 0.1) is 0 Å². The Balaban J connectivity index is 1.48. The van der Waals surface area contributed by atoms with Crippen LogP contribution < -0.4 is 9.47 Å². The van der Waals surface area contributed by atoms with E-state index in [0.29, 0.717) is 11.5 Å². The maximum atomic E-state index is 12.4. The third-order valence-electron chi connectivity index (χ3n) is 8.69. The molecule has 0 spiro atoms. The summed E-state index contributed by atoms with van der Waals surface area (Å²) in [5.41, 5.74) is 4.50. The Morgan fingerprint density at radius 1 is 0.946 bits per heavy atom. The highest BCUT2D eigenvalue weighted by Gasteiger charge is 2.35. The van der Waals surface area contributed by atoms with Gasteiger partial charge in [-0.2, -0.15) is 0 Å². The van der Waals surface area contributed by atoms with E-state index in [9.17, 15) is 4.79 Å². The van der Waals surface area contributed by atoms with Crippen molar-refractivity contribution in [2.24, 2.45) is 22.7 Å². The van der Waals surface area contributed by atoms with Crippen molar-refractivity contribution in [3.63, 3.8) is 0 Å². The molecule has 1 aromatic carbocycles. The summed E-state index contributed by atoms with van der Waals surface area (Å²) in [7, 11) is 0. The largest absolute Gasteiger partial charge is 0.487 e. The highest BCUT2D eigenvalue weighted by Crippen LogP contribution is 2.45. The topological polar surface area (TPSA) is 47.9 Å². The van der Waals surface area contributed by atoms with E-state index in [1.165, 1.54) is 56.9 Å². The van der Waals surface area contributed by atoms with Gasteiger partial charge in [0, 0.05) is 11.8 Å². The Labute approximate surface area is 226 Å². The first-order valence-electron chi connectivity index (χ1n) is 14.8. The minimum Gasteiger partial charge on any atom is -0.487 e. The first-order valence-corrected chi connectivity index (χ1v) is 14.8. The van der Waals surface area contributed by atoms with Gasteiger partial charge < -0.3 is 9.47 Å². The van der Waals surface area contributed by atoms with E-state index in [-0.39, 0.29) is 11.6 Å². The van der Waals surface area contributed by atoms with Crippen LogP contribution in [0.1, 0.15) is 121 Å². The van der Waals surface area contributed by atoms with E-state index in [4.69, 9.17) is 9.47 Å². The van der Waals surface area contributed by atoms with Crippen molar-refractivity contribution in [2.45, 2.75) is 132 Å². The number of carbonyl (C=O) groups is 1. The van der Waals surface area contributed by atoms with E-state index < -0.39 is 0 Å². The molecule has 37 heavy (non-hydrogen) atoms. The lowest BCUT2D eigenvalue weighted by Crippen LogP contribution is -2.37. The molecule has 2 aliphatic heterocycles. The maximum absolute atomic E-state index is 12.4. The van der Waals surface area contributed by atoms with E-state index in [1.54, 1.807) is 12.3 Å². The van der Waals surface area contributed by atoms with Gasteiger partial charge in [0.2, 0.25) is 0 Å². The van der Waals surface area contributed by atoms with Crippen LogP contribution in [-0.2, 0) is 11.2 Å². The van der Waals surface area contributed by atoms with Crippen LogP contribution in [-0.4, -0.2) is 17.3 Å². The Morgan fingerprint density at radius 3 is 2.11 bits per heavy atom. The van der Waals surface area contributed by atoms with Crippen LogP contribution in [0.3, 0.4) is 0 Å². The lowest BCUT2D eigenvalue weighted by atomic mass is 9.83. The lowest BCUT2D eigenvalue weighted by molar-refractivity contribution is -0.127. The summed E-state index contributed by atoms with van der Waals surface area (Å²) in [4.78, 5) is 16.4. The standard InChI is InChI=1S/C33H51NO3/c1-22(2)12-9-13-23(3)14-10-15-24(4)16-11-19-33(8)20-17-28-27(7)30(25(5)26(6)31(28)37-33)36-32(35)29-18-21-34-29/h18,21-24H,9-17,19-20H2,1-8H3/t23-,24-,33-/m1/s1. The van der Waals surface area contributed by atoms with E-state index in [2.05, 4.69) is 46.5 Å². The lowest BCUT2D eigenvalue weighted by Gasteiger charge is -2.38. The Bertz CT molecular complexity index is 1010. The molecular formula is C33H51NO3. The van der Waals surface area contributed by atoms with Crippen LogP contribution in [0.25, 0.3) is 0 Å². The second-order valence-corrected chi connectivity index (χ2v) is 12.6. The van der Waals surface area contributed by atoms with Crippen molar-refractivity contribution in [1.29, 1.82) is 0 Å². The highest BCUT2D eigenvalue weighted by atomic mass is 16.5. The number of rotatable bonds is 14. The van der Waals surface area contributed by atoms with Gasteiger partial charge in [-0.25, -0.2) is 9.79 Å². The second kappa shape index (κ2) is 13.1. The van der Waals surface area contributed by atoms with Crippen molar-refractivity contribution >= 4 is 11.7 Å². The van der Waals surface area contributed by atoms with E-state index in [1.807, 2.05) is 13.8 Å². The molecule has 2 heterocycles. The van der Waals surface area contributed by atoms with Crippen molar-refractivity contribution in [1.82, 2.24) is 0 Å². The van der Waals surface area contributed by atoms with Gasteiger partial charge in [0.15, 0.2) is 0 Å². The molecule has 0 unspecified atom stereocenters. The molecule has 3 atom stereocenters. The summed E-state index contributed by atoms with van der Waals surface area (Å²) in [5.74, 6) is 3.76. The smallest absolute Gasteiger partial charge is 0.362 e. The van der Waals surface area contributed by atoms with E-state index in [0.717, 1.165) is 59.5 Å². The van der Waals surface area contributed by atoms with Crippen molar-refractivity contribution in [3.8, 4) is 11.5 Å². The highest BCUT2D eigenvalue weighted by molar-refractivity contribution is 6.43. The maximum Gasteiger partial charge on any atom is 0.362 e. The first-order chi connectivity index (χ1) is 17.5. The molecule has 0 amide bonds. The van der Waals surface area contributed by atoms with Crippen LogP contribution in [0.15, 0.2) is 17.3 Å². The molecule has 0 bridgehead atoms. The number of nitrogens with zero attached hydrogens (tertiary/aromatic N) is 1. The van der Waals surface area contributed by atoms with Crippen LogP contribution in [0.4, 0.5) is 0 Å². The number of esters is 1. The summed E-state index contributed by atoms with van der Waals surface area (Å²) < 4.78 is 12.5. The van der Waals surface area contributed by atoms with Crippen LogP contribution >= 0.6 is 0 Å². The number of fused-ring (bicyclic) bond motifs is 1. The first kappa shape index (κ1) is 29.5. The van der Waals surface area contributed by atoms with Gasteiger partial charge in [0.25, 0.3) is 0 Å². The molecule has 206 valence electrons. The molecule has 4 heteroatoms. The average molecular weight is 510 g/mol. The van der Waals surface area contributed by atoms with Crippen molar-refractivity contribution in [2.75, 3.05) is 0 Å². The summed E-state index contributed by atoms with van der Waals surface area (Å²) in [6, 6.07) is 0. The van der Waals surface area contributed by atoms with Gasteiger partial charge in [-0.15, -0.1) is 0 Å². The fourth-order valence-electron chi connectivity index (χ4n) is 5.83. The molecule has 2 aliphatic rings. The van der Waals surface area contributed by atoms with Gasteiger partial charge >= 0.3 is 5.97 Å². The summed E-state index contributed by atoms with van der Waals surface area (Å²) in [6.45, 7) is 17.9. The predicted octanol–water partition coefficient (Wildman–Crippen LogP) is 9.01. The predicted molar refractivity (Wildman–Crippen MR) is 155 cm³/mol. The zero-order valence-corrected chi connectivity index (χ0v) is 24.8. The van der Waals surface area contributed by atoms with Crippen LogP contribution in [0.2, 0.25) is 0 Å². The molecule has 0 N–H and O–H groups in total. The summed E-state index contributed by atoms with van der Waals surface area (Å²) in [6.07, 6.45) is 17.0. The van der Waals surface area contributed by atoms with Crippen molar-refractivity contribution in [3.05, 3.63) is 34.5 Å². The van der Waals surface area contributed by atoms with Crippen LogP contribution in [0.5, 0.6) is 11.5 Å². The number of hydrogen-bond acceptors (Lipinski definition) is 4. The van der Waals surface area contributed by atoms with Gasteiger partial charge in [-0.1, -0.05) is 72.6 Å². The average Bonchev–Trinajstić information content (AvgIpc) is 2.79. The number of aliphatic imine (C=N–C) groups is 1. The fourth-order valence-corrected chi connectivity index (χ4v) is 5.83. The Morgan fingerprint density at radius 2 is 1.54 bits per heavy atom. The second-order valence-electron chi connectivity index (χ2n) is 12.6. The van der Waals surface area contributed by atoms with Gasteiger partial charge in [0.1, 0.15) is 22.8 Å². The van der Waals surface area contributed by atoms with Crippen LogP contribution in [0, 0.1) is 38.5 Å². The third-order valence-corrected chi connectivity index (χ3v) is 8.69. The molecule has 0 saturated carbocycles. The number of hydrogen-bond donors (Lipinski definition) is 0. The fraction of sp³-hybridized carbons (Fsp3) is 0.697. The molecule has 0 aromatic heterocycles. The Hall–Kier alpha value is -2.10. The molecule has 3 rings (SSSR count). The zero-order valence-electron chi connectivity index (χ0n) is 24.8. The number of ether oxygens (including phenoxy) is 2. The van der Waals surface area contributed by atoms with Crippen molar-refractivity contribution < 1.29 is 14.3 Å². The van der Waals surface area contributed by atoms with Gasteiger partial charge in [-0.05, 0) is 93.9 Å². The summed E-state index contributed by atoms with van der Waals surface area (Å²) in [5, 5.41) is 0. The molecule has 0 radical (unpaired) electrons. The molecule has 1 aromatic rings. The van der Waals surface area contributed by atoms with E-state index >= 15 is 0 Å². The molecule has 4 nitrogen and oxygen atoms in total. The SMILES string of the molecule is Cc1c(C)c2c(c(C)c1OC(=O)C1=NC=C1)CC[C@@](C)(CCC[C@H](C)CCC[C@H](C)CCCC(C)C)O2. The third kappa shape index (κ3) is 7.94. The number of benzene rings is 1. The Kier molecular flexibility index (Phi) is 10.4. The quantitative estimate of drug-likeness (QED) is 0.186. The molecule has 0 saturated heterocycles. The van der Waals surface area contributed by atoms with Gasteiger partial charge in [-0.3, -0.25) is 0 Å². The molecule has 0 fully saturated rings. The number of carbonyl (C=O) groups excluding carboxylic acids is 1. The molecule has 0 aliphatic carbocycles. The minimum atomic E-state index is -0.385. The molecular weight excluding hydrogens is 458 g/mol. The normalized spacial score (nSPS) is 20.1.